The van der Waals surface area contributed by atoms with E-state index in [0.29, 0.717) is 21.9 Å². The zero-order chi connectivity index (χ0) is 28.5. The topological polar surface area (TPSA) is 80.6 Å². The van der Waals surface area contributed by atoms with Crippen LogP contribution in [-0.2, 0) is 0 Å². The average Bonchev–Trinajstić information content (AvgIpc) is 2.95. The van der Waals surface area contributed by atoms with Crippen LogP contribution in [0.3, 0.4) is 0 Å². The molecule has 214 valence electrons. The molecular formula is C32H42ClN5O2. The van der Waals surface area contributed by atoms with E-state index < -0.39 is 0 Å². The number of hydrogen-bond acceptors (Lipinski definition) is 6. The summed E-state index contributed by atoms with van der Waals surface area (Å²) in [5.74, 6) is 1.34. The molecule has 1 amide bonds. The highest BCUT2D eigenvalue weighted by Crippen LogP contribution is 2.55. The standard InChI is InChI=1S/C32H42ClN5O2/c1-31(2)29(32(3,4)30(31)40-26-10-7-24(20-34)27(33)19-26)36-28(39)23-5-8-25(9-6-23)38-15-11-22(12-16-38)21-37-17-13-35-14-18-37/h5-10,19,22,29-30,35H,11-18,21H2,1-4H3,(H,36,39)/t29-,30-. The lowest BCUT2D eigenvalue weighted by atomic mass is 9.49. The number of nitriles is 1. The molecule has 2 saturated heterocycles. The van der Waals surface area contributed by atoms with Crippen LogP contribution >= 0.6 is 11.6 Å². The second-order valence-electron chi connectivity index (χ2n) is 12.8. The predicted octanol–water partition coefficient (Wildman–Crippen LogP) is 4.95. The molecule has 0 spiro atoms. The van der Waals surface area contributed by atoms with Gasteiger partial charge in [0.1, 0.15) is 17.9 Å². The van der Waals surface area contributed by atoms with Gasteiger partial charge < -0.3 is 25.2 Å². The van der Waals surface area contributed by atoms with Gasteiger partial charge in [-0.1, -0.05) is 39.3 Å². The van der Waals surface area contributed by atoms with Gasteiger partial charge in [-0.15, -0.1) is 0 Å². The summed E-state index contributed by atoms with van der Waals surface area (Å²) in [5.41, 5.74) is 1.69. The van der Waals surface area contributed by atoms with Crippen molar-refractivity contribution in [1.82, 2.24) is 15.5 Å². The number of nitrogens with zero attached hydrogens (tertiary/aromatic N) is 3. The summed E-state index contributed by atoms with van der Waals surface area (Å²) in [5, 5.41) is 16.3. The Morgan fingerprint density at radius 1 is 1.05 bits per heavy atom. The van der Waals surface area contributed by atoms with Crippen LogP contribution in [0.5, 0.6) is 5.75 Å². The van der Waals surface area contributed by atoms with Gasteiger partial charge >= 0.3 is 0 Å². The molecule has 2 N–H and O–H groups in total. The molecule has 0 radical (unpaired) electrons. The fourth-order valence-corrected chi connectivity index (χ4v) is 7.48. The van der Waals surface area contributed by atoms with Crippen LogP contribution in [0, 0.1) is 28.1 Å². The molecule has 40 heavy (non-hydrogen) atoms. The number of ether oxygens (including phenoxy) is 1. The second kappa shape index (κ2) is 11.6. The monoisotopic (exact) mass is 563 g/mol. The molecule has 0 atom stereocenters. The van der Waals surface area contributed by atoms with Crippen LogP contribution < -0.4 is 20.3 Å². The SMILES string of the molecule is CC1(C)[C@H](NC(=O)c2ccc(N3CCC(CN4CCNCC4)CC3)cc2)C(C)(C)[C@H]1Oc1ccc(C#N)c(Cl)c1. The first-order valence-corrected chi connectivity index (χ1v) is 14.9. The zero-order valence-corrected chi connectivity index (χ0v) is 24.9. The molecule has 2 heterocycles. The Kier molecular flexibility index (Phi) is 8.33. The van der Waals surface area contributed by atoms with Crippen molar-refractivity contribution in [3.63, 3.8) is 0 Å². The maximum atomic E-state index is 13.3. The van der Waals surface area contributed by atoms with Crippen molar-refractivity contribution in [2.75, 3.05) is 50.7 Å². The van der Waals surface area contributed by atoms with Crippen LogP contribution in [0.4, 0.5) is 5.69 Å². The molecular weight excluding hydrogens is 522 g/mol. The number of carbonyl (C=O) groups excluding carboxylic acids is 1. The minimum atomic E-state index is -0.297. The molecule has 0 aromatic heterocycles. The summed E-state index contributed by atoms with van der Waals surface area (Å²) in [4.78, 5) is 18.4. The number of anilines is 1. The van der Waals surface area contributed by atoms with E-state index in [4.69, 9.17) is 21.6 Å². The largest absolute Gasteiger partial charge is 0.489 e. The molecule has 3 fully saturated rings. The molecule has 2 aromatic rings. The fourth-order valence-electron chi connectivity index (χ4n) is 7.27. The first-order chi connectivity index (χ1) is 19.1. The maximum Gasteiger partial charge on any atom is 0.251 e. The number of piperazine rings is 1. The van der Waals surface area contributed by atoms with Gasteiger partial charge in [0.15, 0.2) is 0 Å². The van der Waals surface area contributed by atoms with Gasteiger partial charge in [-0.05, 0) is 55.2 Å². The summed E-state index contributed by atoms with van der Waals surface area (Å²) >= 11 is 6.22. The number of carbonyl (C=O) groups is 1. The average molecular weight is 564 g/mol. The van der Waals surface area contributed by atoms with Gasteiger partial charge in [0, 0.05) is 80.0 Å². The first-order valence-electron chi connectivity index (χ1n) is 14.5. The molecule has 2 aliphatic heterocycles. The Morgan fingerprint density at radius 3 is 2.30 bits per heavy atom. The number of benzene rings is 2. The van der Waals surface area contributed by atoms with Gasteiger partial charge in [0.25, 0.3) is 5.91 Å². The predicted molar refractivity (Wildman–Crippen MR) is 160 cm³/mol. The summed E-state index contributed by atoms with van der Waals surface area (Å²) in [6.07, 6.45) is 2.30. The highest BCUT2D eigenvalue weighted by Gasteiger charge is 2.64. The van der Waals surface area contributed by atoms with E-state index >= 15 is 0 Å². The lowest BCUT2D eigenvalue weighted by Gasteiger charge is -2.63. The van der Waals surface area contributed by atoms with E-state index in [9.17, 15) is 4.79 Å². The Bertz CT molecular complexity index is 1220. The second-order valence-corrected chi connectivity index (χ2v) is 13.2. The highest BCUT2D eigenvalue weighted by atomic mass is 35.5. The number of amides is 1. The van der Waals surface area contributed by atoms with Crippen molar-refractivity contribution in [3.05, 3.63) is 58.6 Å². The van der Waals surface area contributed by atoms with Crippen molar-refractivity contribution in [3.8, 4) is 11.8 Å². The third-order valence-corrected chi connectivity index (χ3v) is 9.58. The van der Waals surface area contributed by atoms with Crippen molar-refractivity contribution in [2.24, 2.45) is 16.7 Å². The van der Waals surface area contributed by atoms with E-state index in [1.54, 1.807) is 18.2 Å². The van der Waals surface area contributed by atoms with Crippen molar-refractivity contribution in [2.45, 2.75) is 52.7 Å². The molecule has 1 saturated carbocycles. The molecule has 7 nitrogen and oxygen atoms in total. The summed E-state index contributed by atoms with van der Waals surface area (Å²) in [6, 6.07) is 15.2. The fraction of sp³-hybridized carbons (Fsp3) is 0.562. The van der Waals surface area contributed by atoms with E-state index in [2.05, 4.69) is 66.3 Å². The van der Waals surface area contributed by atoms with E-state index in [1.165, 1.54) is 38.2 Å². The number of halogens is 1. The summed E-state index contributed by atoms with van der Waals surface area (Å²) < 4.78 is 6.36. The van der Waals surface area contributed by atoms with Crippen molar-refractivity contribution < 1.29 is 9.53 Å². The van der Waals surface area contributed by atoms with Crippen LogP contribution in [0.25, 0.3) is 0 Å². The molecule has 3 aliphatic rings. The van der Waals surface area contributed by atoms with E-state index in [0.717, 1.165) is 32.1 Å². The third-order valence-electron chi connectivity index (χ3n) is 9.27. The third kappa shape index (κ3) is 5.81. The smallest absolute Gasteiger partial charge is 0.251 e. The van der Waals surface area contributed by atoms with Crippen molar-refractivity contribution >= 4 is 23.2 Å². The number of hydrogen-bond donors (Lipinski definition) is 2. The highest BCUT2D eigenvalue weighted by molar-refractivity contribution is 6.31. The Labute approximate surface area is 243 Å². The maximum absolute atomic E-state index is 13.3. The van der Waals surface area contributed by atoms with Crippen LogP contribution in [0.1, 0.15) is 56.5 Å². The minimum absolute atomic E-state index is 0.0627. The Morgan fingerprint density at radius 2 is 1.70 bits per heavy atom. The Balaban J connectivity index is 1.15. The van der Waals surface area contributed by atoms with Gasteiger partial charge in [-0.2, -0.15) is 5.26 Å². The van der Waals surface area contributed by atoms with Crippen LogP contribution in [-0.4, -0.2) is 68.8 Å². The molecule has 5 rings (SSSR count). The molecule has 8 heteroatoms. The Hall–Kier alpha value is -2.79. The number of nitrogens with one attached hydrogen (secondary N) is 2. The zero-order valence-electron chi connectivity index (χ0n) is 24.2. The lowest BCUT2D eigenvalue weighted by molar-refractivity contribution is -0.164. The van der Waals surface area contributed by atoms with E-state index in [-0.39, 0.29) is 28.9 Å². The molecule has 0 unspecified atom stereocenters. The lowest BCUT2D eigenvalue weighted by Crippen LogP contribution is -2.74. The quantitative estimate of drug-likeness (QED) is 0.496. The minimum Gasteiger partial charge on any atom is -0.489 e. The van der Waals surface area contributed by atoms with Crippen LogP contribution in [0.2, 0.25) is 5.02 Å². The molecule has 0 bridgehead atoms. The van der Waals surface area contributed by atoms with E-state index in [1.807, 2.05) is 12.1 Å². The number of rotatable bonds is 7. The van der Waals surface area contributed by atoms with Crippen LogP contribution in [0.15, 0.2) is 42.5 Å². The number of piperidine rings is 1. The first kappa shape index (κ1) is 28.7. The summed E-state index contributed by atoms with van der Waals surface area (Å²) in [6.45, 7) is 16.4. The molecule has 1 aliphatic carbocycles. The van der Waals surface area contributed by atoms with Crippen molar-refractivity contribution in [1.29, 1.82) is 5.26 Å². The van der Waals surface area contributed by atoms with Gasteiger partial charge in [0.2, 0.25) is 0 Å². The molecule has 2 aromatic carbocycles. The summed E-state index contributed by atoms with van der Waals surface area (Å²) in [7, 11) is 0. The van der Waals surface area contributed by atoms with Gasteiger partial charge in [-0.3, -0.25) is 4.79 Å². The van der Waals surface area contributed by atoms with Gasteiger partial charge in [0.05, 0.1) is 10.6 Å². The van der Waals surface area contributed by atoms with Gasteiger partial charge in [-0.25, -0.2) is 0 Å². The normalized spacial score (nSPS) is 24.6.